The molecule has 2 N–H and O–H groups in total. The molecule has 0 spiro atoms. The van der Waals surface area contributed by atoms with Crippen molar-refractivity contribution in [3.8, 4) is 22.6 Å². The summed E-state index contributed by atoms with van der Waals surface area (Å²) in [6.07, 6.45) is 0.149. The predicted octanol–water partition coefficient (Wildman–Crippen LogP) is 7.70. The van der Waals surface area contributed by atoms with E-state index in [2.05, 4.69) is 45.5 Å². The zero-order chi connectivity index (χ0) is 33.3. The fourth-order valence-corrected chi connectivity index (χ4v) is 6.02. The number of benzene rings is 5. The number of aliphatic hydroxyl groups is 1. The van der Waals surface area contributed by atoms with E-state index in [1.165, 1.54) is 0 Å². The van der Waals surface area contributed by atoms with E-state index in [-0.39, 0.29) is 12.5 Å². The van der Waals surface area contributed by atoms with E-state index in [0.717, 1.165) is 43.6 Å². The van der Waals surface area contributed by atoms with Gasteiger partial charge in [-0.05, 0) is 76.3 Å². The zero-order valence-corrected chi connectivity index (χ0v) is 28.2. The highest BCUT2D eigenvalue weighted by Gasteiger charge is 2.53. The van der Waals surface area contributed by atoms with Gasteiger partial charge in [-0.15, -0.1) is 0 Å². The van der Waals surface area contributed by atoms with Crippen molar-refractivity contribution >= 4 is 27.7 Å². The number of amides is 1. The minimum Gasteiger partial charge on any atom is -0.497 e. The molecule has 0 bridgehead atoms. The van der Waals surface area contributed by atoms with Crippen molar-refractivity contribution in [3.63, 3.8) is 0 Å². The van der Waals surface area contributed by atoms with Gasteiger partial charge in [0, 0.05) is 36.0 Å². The molecular formula is C40H37BrN2O5. The first-order valence-electron chi connectivity index (χ1n) is 15.9. The number of hydrogen-bond acceptors (Lipinski definition) is 6. The molecule has 1 amide bonds. The van der Waals surface area contributed by atoms with Gasteiger partial charge in [0.1, 0.15) is 11.5 Å². The Morgan fingerprint density at radius 2 is 1.44 bits per heavy atom. The summed E-state index contributed by atoms with van der Waals surface area (Å²) in [5, 5.41) is 12.3. The van der Waals surface area contributed by atoms with Gasteiger partial charge in [0.05, 0.1) is 13.7 Å². The van der Waals surface area contributed by atoms with Gasteiger partial charge in [-0.3, -0.25) is 4.79 Å². The fraction of sp³-hybridized carbons (Fsp3) is 0.200. The molecule has 0 radical (unpaired) electrons. The van der Waals surface area contributed by atoms with E-state index in [4.69, 9.17) is 24.3 Å². The van der Waals surface area contributed by atoms with Crippen LogP contribution in [0.25, 0.3) is 11.1 Å². The van der Waals surface area contributed by atoms with Crippen molar-refractivity contribution in [2.75, 3.05) is 20.3 Å². The van der Waals surface area contributed by atoms with E-state index < -0.39 is 11.6 Å². The molecule has 6 rings (SSSR count). The first kappa shape index (κ1) is 33.0. The van der Waals surface area contributed by atoms with Crippen molar-refractivity contribution in [1.29, 1.82) is 0 Å². The first-order valence-corrected chi connectivity index (χ1v) is 16.7. The number of aliphatic hydroxyl groups excluding tert-OH is 1. The van der Waals surface area contributed by atoms with Crippen LogP contribution >= 0.6 is 15.9 Å². The largest absolute Gasteiger partial charge is 0.497 e. The average Bonchev–Trinajstić information content (AvgIpc) is 3.53. The molecule has 0 unspecified atom stereocenters. The summed E-state index contributed by atoms with van der Waals surface area (Å²) >= 11 is 3.54. The molecule has 1 aliphatic heterocycles. The number of halogens is 1. The Kier molecular flexibility index (Phi) is 10.5. The van der Waals surface area contributed by atoms with Crippen LogP contribution in [0.1, 0.15) is 34.8 Å². The minimum absolute atomic E-state index is 0.0669. The number of carbonyl (C=O) groups is 1. The minimum atomic E-state index is -1.32. The van der Waals surface area contributed by atoms with Gasteiger partial charge in [-0.25, -0.2) is 4.99 Å². The molecular weight excluding hydrogens is 668 g/mol. The van der Waals surface area contributed by atoms with Crippen LogP contribution in [0.4, 0.5) is 0 Å². The van der Waals surface area contributed by atoms with Crippen LogP contribution in [0.15, 0.2) is 137 Å². The lowest BCUT2D eigenvalue weighted by atomic mass is 9.81. The molecule has 5 aromatic carbocycles. The summed E-state index contributed by atoms with van der Waals surface area (Å²) < 4.78 is 18.7. The summed E-state index contributed by atoms with van der Waals surface area (Å²) in [5.41, 5.74) is 4.31. The number of carbonyl (C=O) groups excluding carboxylic acids is 1. The molecule has 244 valence electrons. The molecule has 0 saturated heterocycles. The molecule has 48 heavy (non-hydrogen) atoms. The summed E-state index contributed by atoms with van der Waals surface area (Å²) in [6, 6.07) is 41.4. The molecule has 0 aliphatic carbocycles. The Balaban J connectivity index is 1.39. The number of rotatable bonds is 13. The first-order chi connectivity index (χ1) is 23.5. The maximum absolute atomic E-state index is 14.6. The molecule has 5 aromatic rings. The molecule has 0 aromatic heterocycles. The molecule has 2 atom stereocenters. The lowest BCUT2D eigenvalue weighted by molar-refractivity contribution is -0.129. The predicted molar refractivity (Wildman–Crippen MR) is 191 cm³/mol. The third-order valence-corrected chi connectivity index (χ3v) is 8.88. The van der Waals surface area contributed by atoms with E-state index in [0.29, 0.717) is 37.6 Å². The molecule has 1 aliphatic rings. The Hall–Kier alpha value is -4.92. The maximum Gasteiger partial charge on any atom is 0.252 e. The van der Waals surface area contributed by atoms with E-state index in [1.807, 2.05) is 103 Å². The topological polar surface area (TPSA) is 89.4 Å². The van der Waals surface area contributed by atoms with Crippen LogP contribution in [0.5, 0.6) is 11.5 Å². The fourth-order valence-electron chi connectivity index (χ4n) is 5.76. The van der Waals surface area contributed by atoms with Gasteiger partial charge in [-0.1, -0.05) is 94.8 Å². The maximum atomic E-state index is 14.6. The molecule has 0 saturated carbocycles. The lowest BCUT2D eigenvalue weighted by Crippen LogP contribution is -2.49. The van der Waals surface area contributed by atoms with Gasteiger partial charge in [0.2, 0.25) is 5.90 Å². The quantitative estimate of drug-likeness (QED) is 0.123. The number of ether oxygens (including phenoxy) is 3. The van der Waals surface area contributed by atoms with Gasteiger partial charge >= 0.3 is 0 Å². The Bertz CT molecular complexity index is 1830. The second-order valence-corrected chi connectivity index (χ2v) is 12.5. The van der Waals surface area contributed by atoms with Crippen molar-refractivity contribution in [2.24, 2.45) is 4.99 Å². The van der Waals surface area contributed by atoms with Gasteiger partial charge in [-0.2, -0.15) is 0 Å². The van der Waals surface area contributed by atoms with Crippen molar-refractivity contribution in [3.05, 3.63) is 154 Å². The van der Waals surface area contributed by atoms with Crippen LogP contribution in [-0.4, -0.2) is 42.8 Å². The molecule has 1 heterocycles. The summed E-state index contributed by atoms with van der Waals surface area (Å²) in [5.74, 6) is 1.57. The average molecular weight is 706 g/mol. The van der Waals surface area contributed by atoms with E-state index in [9.17, 15) is 4.79 Å². The molecule has 0 fully saturated rings. The van der Waals surface area contributed by atoms with Crippen LogP contribution in [0.3, 0.4) is 0 Å². The van der Waals surface area contributed by atoms with Crippen molar-refractivity contribution in [1.82, 2.24) is 5.32 Å². The van der Waals surface area contributed by atoms with E-state index >= 15 is 0 Å². The standard InChI is InChI=1S/C40H37BrN2O5/c1-46-35-20-10-29(11-21-35)27-42-39(45)40(26-28-8-18-34(41)19-9-28)37(32-14-12-31(13-15-32)30-6-3-2-4-7-30)48-38(43-40)33-16-22-36(23-17-33)47-25-5-24-44/h2-4,6-23,37,44H,5,24-27H2,1H3,(H,42,45)/t37-,40-/m1/s1. The highest BCUT2D eigenvalue weighted by molar-refractivity contribution is 9.10. The number of nitrogens with zero attached hydrogens (tertiary/aromatic N) is 1. The van der Waals surface area contributed by atoms with Gasteiger partial charge < -0.3 is 24.6 Å². The SMILES string of the molecule is COc1ccc(CNC(=O)[C@]2(Cc3ccc(Br)cc3)N=C(c3ccc(OCCCO)cc3)O[C@@H]2c2ccc(-c3ccccc3)cc2)cc1. The lowest BCUT2D eigenvalue weighted by Gasteiger charge is -2.31. The molecule has 8 heteroatoms. The van der Waals surface area contributed by atoms with Crippen molar-refractivity contribution in [2.45, 2.75) is 31.0 Å². The Morgan fingerprint density at radius 3 is 2.10 bits per heavy atom. The number of methoxy groups -OCH3 is 1. The number of hydrogen-bond donors (Lipinski definition) is 2. The second kappa shape index (κ2) is 15.3. The number of aliphatic imine (C=N–C) groups is 1. The van der Waals surface area contributed by atoms with Gasteiger partial charge in [0.15, 0.2) is 11.6 Å². The van der Waals surface area contributed by atoms with Gasteiger partial charge in [0.25, 0.3) is 5.91 Å². The van der Waals surface area contributed by atoms with Crippen LogP contribution in [0.2, 0.25) is 0 Å². The van der Waals surface area contributed by atoms with Crippen molar-refractivity contribution < 1.29 is 24.1 Å². The van der Waals surface area contributed by atoms with Crippen LogP contribution < -0.4 is 14.8 Å². The third-order valence-electron chi connectivity index (χ3n) is 8.35. The monoisotopic (exact) mass is 704 g/mol. The smallest absolute Gasteiger partial charge is 0.252 e. The zero-order valence-electron chi connectivity index (χ0n) is 26.6. The summed E-state index contributed by atoms with van der Waals surface area (Å²) in [7, 11) is 1.63. The normalized spacial score (nSPS) is 16.9. The highest BCUT2D eigenvalue weighted by Crippen LogP contribution is 2.43. The summed E-state index contributed by atoms with van der Waals surface area (Å²) in [4.78, 5) is 19.8. The van der Waals surface area contributed by atoms with Crippen LogP contribution in [-0.2, 0) is 22.5 Å². The Labute approximate surface area is 289 Å². The Morgan fingerprint density at radius 1 is 0.812 bits per heavy atom. The number of nitrogens with one attached hydrogen (secondary N) is 1. The summed E-state index contributed by atoms with van der Waals surface area (Å²) in [6.45, 7) is 0.797. The van der Waals surface area contributed by atoms with Crippen LogP contribution in [0, 0.1) is 0 Å². The second-order valence-electron chi connectivity index (χ2n) is 11.6. The van der Waals surface area contributed by atoms with E-state index in [1.54, 1.807) is 7.11 Å². The highest BCUT2D eigenvalue weighted by atomic mass is 79.9. The third kappa shape index (κ3) is 7.62. The molecule has 7 nitrogen and oxygen atoms in total.